The molecule has 0 saturated carbocycles. The summed E-state index contributed by atoms with van der Waals surface area (Å²) in [7, 11) is 0. The Bertz CT molecular complexity index is 312. The summed E-state index contributed by atoms with van der Waals surface area (Å²) in [5, 5.41) is 0. The van der Waals surface area contributed by atoms with Crippen molar-refractivity contribution in [3.05, 3.63) is 33.4 Å². The number of benzene rings is 1. The van der Waals surface area contributed by atoms with E-state index in [1.165, 1.54) is 0 Å². The zero-order valence-corrected chi connectivity index (χ0v) is 7.77. The molecule has 0 N–H and O–H groups in total. The van der Waals surface area contributed by atoms with Gasteiger partial charge in [-0.15, -0.1) is 0 Å². The van der Waals surface area contributed by atoms with E-state index in [0.717, 1.165) is 0 Å². The molecule has 0 radical (unpaired) electrons. The van der Waals surface area contributed by atoms with Crippen molar-refractivity contribution in [3.63, 3.8) is 0 Å². The van der Waals surface area contributed by atoms with Crippen LogP contribution in [0.1, 0.15) is 10.4 Å². The number of hydrogen-bond donors (Lipinski definition) is 0. The van der Waals surface area contributed by atoms with Gasteiger partial charge in [0.15, 0.2) is 0 Å². The summed E-state index contributed by atoms with van der Waals surface area (Å²) < 4.78 is 16.3. The van der Waals surface area contributed by atoms with Crippen molar-refractivity contribution in [3.8, 4) is 0 Å². The fourth-order valence-corrected chi connectivity index (χ4v) is 3.33. The second kappa shape index (κ2) is 2.37. The normalized spacial score (nSPS) is 24.4. The van der Waals surface area contributed by atoms with Crippen LogP contribution in [0.4, 0.5) is 0 Å². The van der Waals surface area contributed by atoms with Gasteiger partial charge in [0.2, 0.25) is 0 Å². The van der Waals surface area contributed by atoms with Crippen LogP contribution in [-0.2, 0) is 6.14 Å². The molecule has 11 heavy (non-hydrogen) atoms. The van der Waals surface area contributed by atoms with Crippen LogP contribution in [0.15, 0.2) is 24.3 Å². The average molecular weight is 264 g/mol. The molecular weight excluding hydrogens is 259 g/mol. The molecule has 1 aromatic rings. The van der Waals surface area contributed by atoms with E-state index in [1.807, 2.05) is 0 Å². The molecule has 0 fully saturated rings. The third kappa shape index (κ3) is 0.973. The molecule has 0 aliphatic carbocycles. The topological polar surface area (TPSA) is 43.4 Å². The average Bonchev–Trinajstić information content (AvgIpc) is 2.30. The Morgan fingerprint density at radius 1 is 1.27 bits per heavy atom. The summed E-state index contributed by atoms with van der Waals surface area (Å²) in [4.78, 5) is 10.9. The van der Waals surface area contributed by atoms with E-state index in [9.17, 15) is 7.86 Å². The Balaban J connectivity index is 2.69. The Morgan fingerprint density at radius 2 is 2.00 bits per heavy atom. The minimum atomic E-state index is -2.89. The van der Waals surface area contributed by atoms with E-state index in [0.29, 0.717) is 9.13 Å². The van der Waals surface area contributed by atoms with E-state index >= 15 is 0 Å². The first-order valence-electron chi connectivity index (χ1n) is 3.02. The van der Waals surface area contributed by atoms with Crippen LogP contribution in [0.5, 0.6) is 0 Å². The Morgan fingerprint density at radius 3 is 2.73 bits per heavy atom. The molecule has 0 bridgehead atoms. The standard InChI is InChI=1S/C7H5IO3/c9-7-5-3-1-2-4-6(5)8(10)11-7/h1-4,8H. The minimum absolute atomic E-state index is 0.438. The van der Waals surface area contributed by atoms with E-state index < -0.39 is 26.2 Å². The SMILES string of the molecule is O=C1O[IH](=O)c2ccccc21. The molecule has 1 aromatic carbocycles. The van der Waals surface area contributed by atoms with Gasteiger partial charge < -0.3 is 0 Å². The Labute approximate surface area is 70.7 Å². The van der Waals surface area contributed by atoms with E-state index in [-0.39, 0.29) is 0 Å². The third-order valence-electron chi connectivity index (χ3n) is 1.44. The van der Waals surface area contributed by atoms with Gasteiger partial charge in [0.05, 0.1) is 0 Å². The molecule has 0 saturated heterocycles. The summed E-state index contributed by atoms with van der Waals surface area (Å²) in [5.74, 6) is -0.438. The maximum absolute atomic E-state index is 11.1. The summed E-state index contributed by atoms with van der Waals surface area (Å²) in [5.41, 5.74) is 0.471. The van der Waals surface area contributed by atoms with Crippen LogP contribution in [0.25, 0.3) is 0 Å². The van der Waals surface area contributed by atoms with Crippen molar-refractivity contribution in [2.24, 2.45) is 0 Å². The van der Waals surface area contributed by atoms with Gasteiger partial charge in [-0.25, -0.2) is 0 Å². The Hall–Kier alpha value is -0.780. The van der Waals surface area contributed by atoms with Gasteiger partial charge in [-0.05, 0) is 0 Å². The summed E-state index contributed by atoms with van der Waals surface area (Å²) in [6, 6.07) is 6.81. The molecule has 0 amide bonds. The quantitative estimate of drug-likeness (QED) is 0.667. The van der Waals surface area contributed by atoms with Gasteiger partial charge in [0.25, 0.3) is 0 Å². The summed E-state index contributed by atoms with van der Waals surface area (Å²) in [6.07, 6.45) is 0. The molecule has 58 valence electrons. The van der Waals surface area contributed by atoms with Gasteiger partial charge in [-0.2, -0.15) is 0 Å². The van der Waals surface area contributed by atoms with Crippen molar-refractivity contribution >= 4 is 26.2 Å². The number of halogens is 1. The molecule has 0 spiro atoms. The zero-order chi connectivity index (χ0) is 7.84. The fourth-order valence-electron chi connectivity index (χ4n) is 0.939. The molecule has 3 nitrogen and oxygen atoms in total. The van der Waals surface area contributed by atoms with Gasteiger partial charge >= 0.3 is 70.5 Å². The van der Waals surface area contributed by atoms with E-state index in [4.69, 9.17) is 0 Å². The van der Waals surface area contributed by atoms with Gasteiger partial charge in [0.1, 0.15) is 0 Å². The van der Waals surface area contributed by atoms with Crippen LogP contribution in [-0.4, -0.2) is 5.97 Å². The Kier molecular flexibility index (Phi) is 1.49. The second-order valence-corrected chi connectivity index (χ2v) is 5.17. The number of rotatable bonds is 0. The second-order valence-electron chi connectivity index (χ2n) is 2.10. The van der Waals surface area contributed by atoms with Crippen LogP contribution in [0, 0.1) is 3.57 Å². The summed E-state index contributed by atoms with van der Waals surface area (Å²) in [6.45, 7) is 0. The third-order valence-corrected chi connectivity index (χ3v) is 4.34. The zero-order valence-electron chi connectivity index (χ0n) is 5.44. The van der Waals surface area contributed by atoms with Crippen LogP contribution >= 0.6 is 20.2 Å². The monoisotopic (exact) mass is 264 g/mol. The molecule has 1 aliphatic rings. The summed E-state index contributed by atoms with van der Waals surface area (Å²) >= 11 is -2.89. The van der Waals surface area contributed by atoms with Crippen molar-refractivity contribution < 1.29 is 10.9 Å². The number of fused-ring (bicyclic) bond motifs is 1. The predicted octanol–water partition coefficient (Wildman–Crippen LogP) is 1.53. The van der Waals surface area contributed by atoms with Crippen molar-refractivity contribution in [1.29, 1.82) is 0 Å². The maximum atomic E-state index is 11.1. The van der Waals surface area contributed by atoms with Crippen LogP contribution in [0.3, 0.4) is 0 Å². The first-order chi connectivity index (χ1) is 5.29. The molecule has 1 heterocycles. The van der Waals surface area contributed by atoms with Crippen LogP contribution < -0.4 is 0 Å². The number of carbonyl (C=O) groups excluding carboxylic acids is 1. The molecule has 4 heteroatoms. The molecule has 1 unspecified atom stereocenters. The number of hydrogen-bond acceptors (Lipinski definition) is 3. The van der Waals surface area contributed by atoms with Crippen molar-refractivity contribution in [2.45, 2.75) is 0 Å². The van der Waals surface area contributed by atoms with Gasteiger partial charge in [0, 0.05) is 0 Å². The number of carbonyl (C=O) groups is 1. The fraction of sp³-hybridized carbons (Fsp3) is 0. The predicted molar refractivity (Wildman–Crippen MR) is 46.7 cm³/mol. The molecule has 0 aromatic heterocycles. The van der Waals surface area contributed by atoms with E-state index in [1.54, 1.807) is 24.3 Å². The first kappa shape index (κ1) is 6.90. The van der Waals surface area contributed by atoms with Crippen LogP contribution in [0.2, 0.25) is 0 Å². The molecule has 2 rings (SSSR count). The molecule has 1 aliphatic heterocycles. The first-order valence-corrected chi connectivity index (χ1v) is 6.09. The molecule has 1 atom stereocenters. The van der Waals surface area contributed by atoms with Gasteiger partial charge in [-0.3, -0.25) is 0 Å². The van der Waals surface area contributed by atoms with Crippen molar-refractivity contribution in [2.75, 3.05) is 0 Å². The van der Waals surface area contributed by atoms with Gasteiger partial charge in [-0.1, -0.05) is 0 Å². The van der Waals surface area contributed by atoms with Crippen molar-refractivity contribution in [1.82, 2.24) is 0 Å². The van der Waals surface area contributed by atoms with E-state index in [2.05, 4.69) is 3.07 Å². The molecular formula is C7H5IO3.